The maximum Gasteiger partial charge on any atom is 0.408 e. The van der Waals surface area contributed by atoms with Gasteiger partial charge in [0.2, 0.25) is 5.89 Å². The Hall–Kier alpha value is -2.12. The van der Waals surface area contributed by atoms with Crippen LogP contribution >= 0.6 is 0 Å². The van der Waals surface area contributed by atoms with Crippen molar-refractivity contribution in [3.05, 3.63) is 11.7 Å². The van der Waals surface area contributed by atoms with Gasteiger partial charge >= 0.3 is 12.1 Å². The Kier molecular flexibility index (Phi) is 4.85. The Morgan fingerprint density at radius 2 is 2.05 bits per heavy atom. The maximum atomic E-state index is 11.4. The molecule has 1 aromatic heterocycles. The van der Waals surface area contributed by atoms with Gasteiger partial charge in [-0.1, -0.05) is 5.16 Å². The molecular weight excluding hydrogens is 254 g/mol. The molecule has 0 aromatic carbocycles. The minimum atomic E-state index is -0.583. The number of carbonyl (C=O) groups is 2. The van der Waals surface area contributed by atoms with E-state index in [1.807, 2.05) is 0 Å². The Morgan fingerprint density at radius 3 is 2.63 bits per heavy atom. The highest BCUT2D eigenvalue weighted by Crippen LogP contribution is 2.07. The number of nitrogens with zero attached hydrogens (tertiary/aromatic N) is 2. The number of ether oxygens (including phenoxy) is 2. The van der Waals surface area contributed by atoms with Gasteiger partial charge in [0, 0.05) is 0 Å². The molecule has 0 aliphatic carbocycles. The first-order chi connectivity index (χ1) is 8.80. The highest BCUT2D eigenvalue weighted by atomic mass is 16.6. The quantitative estimate of drug-likeness (QED) is 0.808. The van der Waals surface area contributed by atoms with Crippen LogP contribution in [-0.4, -0.2) is 34.9 Å². The number of alkyl carbamates (subject to hydrolysis) is 1. The smallest absolute Gasteiger partial charge is 0.408 e. The number of aromatic nitrogens is 2. The van der Waals surface area contributed by atoms with Gasteiger partial charge < -0.3 is 19.3 Å². The molecule has 1 aromatic rings. The average molecular weight is 271 g/mol. The topological polar surface area (TPSA) is 104 Å². The molecule has 0 unspecified atom stereocenters. The SMILES string of the molecule is COC(=O)Cc1noc(CNC(=O)OC(C)(C)C)n1. The number of hydrogen-bond acceptors (Lipinski definition) is 7. The summed E-state index contributed by atoms with van der Waals surface area (Å²) in [4.78, 5) is 26.3. The average Bonchev–Trinajstić information content (AvgIpc) is 2.71. The molecule has 0 aliphatic rings. The van der Waals surface area contributed by atoms with Gasteiger partial charge in [-0.25, -0.2) is 4.79 Å². The van der Waals surface area contributed by atoms with Crippen LogP contribution in [0.4, 0.5) is 4.79 Å². The van der Waals surface area contributed by atoms with E-state index in [2.05, 4.69) is 20.2 Å². The van der Waals surface area contributed by atoms with Crippen LogP contribution in [0.1, 0.15) is 32.5 Å². The molecule has 0 spiro atoms. The van der Waals surface area contributed by atoms with E-state index < -0.39 is 17.7 Å². The first-order valence-corrected chi connectivity index (χ1v) is 5.65. The Balaban J connectivity index is 2.42. The Labute approximate surface area is 110 Å². The lowest BCUT2D eigenvalue weighted by atomic mass is 10.2. The van der Waals surface area contributed by atoms with Gasteiger partial charge in [0.15, 0.2) is 5.82 Å². The zero-order chi connectivity index (χ0) is 14.5. The van der Waals surface area contributed by atoms with Crippen molar-refractivity contribution in [2.24, 2.45) is 0 Å². The molecule has 8 nitrogen and oxygen atoms in total. The predicted molar refractivity (Wildman–Crippen MR) is 63.1 cm³/mol. The van der Waals surface area contributed by atoms with Crippen LogP contribution in [0, 0.1) is 0 Å². The van der Waals surface area contributed by atoms with E-state index in [0.717, 1.165) is 0 Å². The van der Waals surface area contributed by atoms with Crippen molar-refractivity contribution in [2.75, 3.05) is 7.11 Å². The summed E-state index contributed by atoms with van der Waals surface area (Å²) in [5.41, 5.74) is -0.574. The standard InChI is InChI=1S/C11H17N3O5/c1-11(2,3)18-10(16)12-6-8-13-7(14-19-8)5-9(15)17-4/h5-6H2,1-4H3,(H,12,16). The minimum Gasteiger partial charge on any atom is -0.469 e. The van der Waals surface area contributed by atoms with Gasteiger partial charge in [-0.2, -0.15) is 4.98 Å². The second-order valence-electron chi connectivity index (χ2n) is 4.71. The number of methoxy groups -OCH3 is 1. The van der Waals surface area contributed by atoms with Crippen LogP contribution in [0.5, 0.6) is 0 Å². The molecule has 1 amide bonds. The van der Waals surface area contributed by atoms with Gasteiger partial charge in [-0.3, -0.25) is 4.79 Å². The second kappa shape index (κ2) is 6.17. The first-order valence-electron chi connectivity index (χ1n) is 5.65. The number of carbonyl (C=O) groups excluding carboxylic acids is 2. The van der Waals surface area contributed by atoms with Crippen molar-refractivity contribution < 1.29 is 23.6 Å². The third-order valence-electron chi connectivity index (χ3n) is 1.82. The van der Waals surface area contributed by atoms with E-state index in [4.69, 9.17) is 9.26 Å². The molecule has 0 radical (unpaired) electrons. The summed E-state index contributed by atoms with van der Waals surface area (Å²) in [6.07, 6.45) is -0.660. The van der Waals surface area contributed by atoms with Gasteiger partial charge in [0.25, 0.3) is 0 Å². The monoisotopic (exact) mass is 271 g/mol. The molecule has 19 heavy (non-hydrogen) atoms. The van der Waals surface area contributed by atoms with Gasteiger partial charge in [-0.15, -0.1) is 0 Å². The van der Waals surface area contributed by atoms with Crippen molar-refractivity contribution in [3.8, 4) is 0 Å². The normalized spacial score (nSPS) is 10.9. The van der Waals surface area contributed by atoms with E-state index in [9.17, 15) is 9.59 Å². The molecule has 106 valence electrons. The van der Waals surface area contributed by atoms with Crippen LogP contribution in [0.25, 0.3) is 0 Å². The highest BCUT2D eigenvalue weighted by molar-refractivity contribution is 5.71. The van der Waals surface area contributed by atoms with E-state index in [0.29, 0.717) is 0 Å². The van der Waals surface area contributed by atoms with Gasteiger partial charge in [-0.05, 0) is 20.8 Å². The fourth-order valence-electron chi connectivity index (χ4n) is 1.10. The summed E-state index contributed by atoms with van der Waals surface area (Å²) in [6.45, 7) is 5.30. The van der Waals surface area contributed by atoms with E-state index >= 15 is 0 Å². The Bertz CT molecular complexity index is 449. The fourth-order valence-corrected chi connectivity index (χ4v) is 1.10. The summed E-state index contributed by atoms with van der Waals surface area (Å²) in [7, 11) is 1.27. The third kappa shape index (κ3) is 5.84. The molecule has 0 fully saturated rings. The molecule has 0 atom stereocenters. The number of nitrogens with one attached hydrogen (secondary N) is 1. The van der Waals surface area contributed by atoms with Gasteiger partial charge in [0.1, 0.15) is 18.6 Å². The lowest BCUT2D eigenvalue weighted by Crippen LogP contribution is -2.32. The number of amides is 1. The van der Waals surface area contributed by atoms with E-state index in [-0.39, 0.29) is 24.7 Å². The molecule has 1 rings (SSSR count). The zero-order valence-corrected chi connectivity index (χ0v) is 11.3. The van der Waals surface area contributed by atoms with E-state index in [1.165, 1.54) is 7.11 Å². The maximum absolute atomic E-state index is 11.4. The molecule has 8 heteroatoms. The first kappa shape index (κ1) is 14.9. The fraction of sp³-hybridized carbons (Fsp3) is 0.636. The van der Waals surface area contributed by atoms with Crippen LogP contribution in [0.3, 0.4) is 0 Å². The second-order valence-corrected chi connectivity index (χ2v) is 4.71. The van der Waals surface area contributed by atoms with Crippen molar-refractivity contribution in [1.29, 1.82) is 0 Å². The lowest BCUT2D eigenvalue weighted by molar-refractivity contribution is -0.139. The molecule has 0 bridgehead atoms. The van der Waals surface area contributed by atoms with Crippen molar-refractivity contribution in [1.82, 2.24) is 15.5 Å². The number of esters is 1. The molecular formula is C11H17N3O5. The minimum absolute atomic E-state index is 0.0308. The summed E-state index contributed by atoms with van der Waals surface area (Å²) in [6, 6.07) is 0. The molecule has 0 aliphatic heterocycles. The highest BCUT2D eigenvalue weighted by Gasteiger charge is 2.17. The third-order valence-corrected chi connectivity index (χ3v) is 1.82. The van der Waals surface area contributed by atoms with Crippen LogP contribution < -0.4 is 5.32 Å². The molecule has 0 saturated carbocycles. The van der Waals surface area contributed by atoms with Crippen LogP contribution in [-0.2, 0) is 27.2 Å². The number of hydrogen-bond donors (Lipinski definition) is 1. The van der Waals surface area contributed by atoms with Crippen LogP contribution in [0.15, 0.2) is 4.52 Å². The summed E-state index contributed by atoms with van der Waals surface area (Å²) < 4.78 is 14.4. The largest absolute Gasteiger partial charge is 0.469 e. The Morgan fingerprint density at radius 1 is 1.37 bits per heavy atom. The summed E-state index contributed by atoms with van der Waals surface area (Å²) >= 11 is 0. The van der Waals surface area contributed by atoms with E-state index in [1.54, 1.807) is 20.8 Å². The van der Waals surface area contributed by atoms with Crippen molar-refractivity contribution >= 4 is 12.1 Å². The van der Waals surface area contributed by atoms with Gasteiger partial charge in [0.05, 0.1) is 7.11 Å². The summed E-state index contributed by atoms with van der Waals surface area (Å²) in [5, 5.41) is 6.04. The van der Waals surface area contributed by atoms with Crippen LogP contribution in [0.2, 0.25) is 0 Å². The predicted octanol–water partition coefficient (Wildman–Crippen LogP) is 0.810. The van der Waals surface area contributed by atoms with Crippen molar-refractivity contribution in [3.63, 3.8) is 0 Å². The molecule has 1 N–H and O–H groups in total. The molecule has 0 saturated heterocycles. The zero-order valence-electron chi connectivity index (χ0n) is 11.3. The molecule has 1 heterocycles. The number of rotatable bonds is 4. The van der Waals surface area contributed by atoms with Crippen molar-refractivity contribution in [2.45, 2.75) is 39.3 Å². The summed E-state index contributed by atoms with van der Waals surface area (Å²) in [5.74, 6) is -0.0787. The lowest BCUT2D eigenvalue weighted by Gasteiger charge is -2.19.